The molecule has 1 N–H and O–H groups in total. The maximum atomic E-state index is 16.0. The Labute approximate surface area is 466 Å². The van der Waals surface area contributed by atoms with Gasteiger partial charge in [-0.15, -0.1) is 0 Å². The Kier molecular flexibility index (Phi) is 18.3. The number of alkyl halides is 2. The molecule has 1 aliphatic heterocycles. The average Bonchev–Trinajstić information content (AvgIpc) is 3.67. The Balaban J connectivity index is 1.70. The number of ether oxygens (including phenoxy) is 4. The molecule has 4 bridgehead atoms. The third-order valence-corrected chi connectivity index (χ3v) is 25.4. The van der Waals surface area contributed by atoms with Crippen molar-refractivity contribution < 1.29 is 43.2 Å². The monoisotopic (exact) mass is 1230 g/mol. The van der Waals surface area contributed by atoms with Crippen molar-refractivity contribution in [2.24, 2.45) is 73.4 Å². The van der Waals surface area contributed by atoms with Gasteiger partial charge in [0.2, 0.25) is 6.10 Å². The molecule has 18 unspecified atom stereocenters. The first kappa shape index (κ1) is 62.1. The Morgan fingerprint density at radius 2 is 1.32 bits per heavy atom. The van der Waals surface area contributed by atoms with Gasteiger partial charge in [-0.2, -0.15) is 0 Å². The lowest BCUT2D eigenvalue weighted by Gasteiger charge is -2.65. The molecule has 5 aliphatic rings. The highest BCUT2D eigenvalue weighted by Gasteiger charge is 2.71. The van der Waals surface area contributed by atoms with Crippen LogP contribution in [0.5, 0.6) is 0 Å². The molecule has 5 rings (SSSR count). The van der Waals surface area contributed by atoms with Gasteiger partial charge in [-0.25, -0.2) is 4.79 Å². The SMILES string of the molecule is CCC(C)CC(C)(C(=O)OC1(C)C(C)CC2(I)CC(C)CC1C2)C(C)(CC)C(C)(C)CC(C)(C(=O)OC1CCOC1=O)C(C)(CC)C(C)(CC)C(C)(C(=O)OC12CC(C)CC(O)(CC(C)(I)C1)C2)C(C)CC. The first-order chi connectivity index (χ1) is 32.8. The molecule has 1 heterocycles. The van der Waals surface area contributed by atoms with Crippen LogP contribution < -0.4 is 0 Å². The number of aliphatic hydroxyl groups is 1. The van der Waals surface area contributed by atoms with Gasteiger partial charge in [-0.05, 0) is 156 Å². The average molecular weight is 1240 g/mol. The molecule has 72 heavy (non-hydrogen) atoms. The molecule has 0 amide bonds. The van der Waals surface area contributed by atoms with Gasteiger partial charge in [-0.1, -0.05) is 169 Å². The third-order valence-electron chi connectivity index (χ3n) is 23.3. The van der Waals surface area contributed by atoms with Crippen LogP contribution in [-0.4, -0.2) is 65.3 Å². The number of cyclic esters (lactones) is 1. The molecule has 9 nitrogen and oxygen atoms in total. The van der Waals surface area contributed by atoms with Crippen LogP contribution in [-0.2, 0) is 38.1 Å². The number of hydrogen-bond acceptors (Lipinski definition) is 9. The molecule has 416 valence electrons. The molecule has 0 aromatic heterocycles. The highest BCUT2D eigenvalue weighted by Crippen LogP contribution is 2.71. The van der Waals surface area contributed by atoms with Crippen molar-refractivity contribution in [1.82, 2.24) is 0 Å². The topological polar surface area (TPSA) is 125 Å². The van der Waals surface area contributed by atoms with Crippen LogP contribution in [0, 0.1) is 73.4 Å². The van der Waals surface area contributed by atoms with E-state index in [0.717, 1.165) is 25.7 Å². The molecule has 0 aromatic rings. The van der Waals surface area contributed by atoms with Crippen molar-refractivity contribution in [2.45, 2.75) is 277 Å². The largest absolute Gasteiger partial charge is 0.463 e. The Hall–Kier alpha value is -0.700. The zero-order valence-electron chi connectivity index (χ0n) is 49.2. The molecule has 0 spiro atoms. The Morgan fingerprint density at radius 3 is 1.85 bits per heavy atom. The highest BCUT2D eigenvalue weighted by atomic mass is 127. The van der Waals surface area contributed by atoms with Gasteiger partial charge in [0.25, 0.3) is 0 Å². The Morgan fingerprint density at radius 1 is 0.722 bits per heavy atom. The second kappa shape index (κ2) is 21.2. The third kappa shape index (κ3) is 10.5. The molecule has 18 atom stereocenters. The molecular formula is C61H104I2O9. The van der Waals surface area contributed by atoms with Gasteiger partial charge in [0.15, 0.2) is 0 Å². The summed E-state index contributed by atoms with van der Waals surface area (Å²) in [7, 11) is 0. The smallest absolute Gasteiger partial charge is 0.347 e. The van der Waals surface area contributed by atoms with Crippen molar-refractivity contribution in [3.63, 3.8) is 0 Å². The maximum absolute atomic E-state index is 16.0. The fraction of sp³-hybridized carbons (Fsp3) is 0.934. The summed E-state index contributed by atoms with van der Waals surface area (Å²) in [6.07, 6.45) is 10.8. The van der Waals surface area contributed by atoms with E-state index in [0.29, 0.717) is 76.5 Å². The minimum atomic E-state index is -1.33. The van der Waals surface area contributed by atoms with E-state index < -0.39 is 72.8 Å². The van der Waals surface area contributed by atoms with Crippen LogP contribution in [0.15, 0.2) is 0 Å². The summed E-state index contributed by atoms with van der Waals surface area (Å²) in [5, 5.41) is 12.1. The van der Waals surface area contributed by atoms with Gasteiger partial charge in [0, 0.05) is 32.0 Å². The van der Waals surface area contributed by atoms with Crippen molar-refractivity contribution in [2.75, 3.05) is 6.61 Å². The van der Waals surface area contributed by atoms with Gasteiger partial charge in [-0.3, -0.25) is 14.4 Å². The van der Waals surface area contributed by atoms with Gasteiger partial charge < -0.3 is 24.1 Å². The van der Waals surface area contributed by atoms with Gasteiger partial charge in [0.1, 0.15) is 11.2 Å². The molecular weight excluding hydrogens is 1130 g/mol. The second-order valence-electron chi connectivity index (χ2n) is 28.4. The lowest BCUT2D eigenvalue weighted by atomic mass is 9.38. The number of carbonyl (C=O) groups excluding carboxylic acids is 4. The first-order valence-electron chi connectivity index (χ1n) is 28.7. The van der Waals surface area contributed by atoms with Crippen molar-refractivity contribution in [3.05, 3.63) is 0 Å². The van der Waals surface area contributed by atoms with Crippen LogP contribution in [0.4, 0.5) is 0 Å². The molecule has 4 aliphatic carbocycles. The maximum Gasteiger partial charge on any atom is 0.347 e. The molecule has 5 fully saturated rings. The van der Waals surface area contributed by atoms with E-state index in [1.807, 2.05) is 6.92 Å². The van der Waals surface area contributed by atoms with Crippen LogP contribution in [0.1, 0.15) is 248 Å². The predicted molar refractivity (Wildman–Crippen MR) is 307 cm³/mol. The van der Waals surface area contributed by atoms with Crippen molar-refractivity contribution >= 4 is 69.1 Å². The number of esters is 4. The van der Waals surface area contributed by atoms with Gasteiger partial charge in [0.05, 0.1) is 28.5 Å². The molecule has 0 radical (unpaired) electrons. The summed E-state index contributed by atoms with van der Waals surface area (Å²) < 4.78 is 26.2. The summed E-state index contributed by atoms with van der Waals surface area (Å²) >= 11 is 5.19. The van der Waals surface area contributed by atoms with Crippen LogP contribution in [0.25, 0.3) is 0 Å². The normalized spacial score (nSPS) is 38.7. The minimum absolute atomic E-state index is 0.149. The predicted octanol–water partition coefficient (Wildman–Crippen LogP) is 15.8. The van der Waals surface area contributed by atoms with E-state index in [9.17, 15) is 9.90 Å². The van der Waals surface area contributed by atoms with Crippen LogP contribution in [0.3, 0.4) is 0 Å². The van der Waals surface area contributed by atoms with Crippen molar-refractivity contribution in [1.29, 1.82) is 0 Å². The summed E-state index contributed by atoms with van der Waals surface area (Å²) in [5.41, 5.74) is -9.17. The van der Waals surface area contributed by atoms with E-state index in [1.165, 1.54) is 6.42 Å². The van der Waals surface area contributed by atoms with E-state index >= 15 is 14.4 Å². The number of halogens is 2. The van der Waals surface area contributed by atoms with Crippen LogP contribution >= 0.6 is 45.2 Å². The summed E-state index contributed by atoms with van der Waals surface area (Å²) in [5.74, 6) is -0.216. The summed E-state index contributed by atoms with van der Waals surface area (Å²) in [4.78, 5) is 61.2. The fourth-order valence-corrected chi connectivity index (χ4v) is 21.1. The fourth-order valence-electron chi connectivity index (χ4n) is 17.8. The zero-order valence-corrected chi connectivity index (χ0v) is 53.6. The molecule has 4 saturated carbocycles. The zero-order chi connectivity index (χ0) is 54.9. The standard InChI is InChI=1S/C61H104I2O9/c1-21-39(6)29-52(14,48(66)71-58(20)43(10)33-59(63)30-40(7)28-44(58)34-59)54(16,23-3)50(11,12)35-53(15,47(65)70-45-26-27-69-46(45)64)55(17,24-4)56(18,25-5)57(19,42(9)22-2)49(67)72-61-32-41(8)31-60(68,38-61)36-51(13,62)37-61/h39-45,68H,21-38H2,1-20H3. The van der Waals surface area contributed by atoms with E-state index in [1.54, 1.807) is 0 Å². The minimum Gasteiger partial charge on any atom is -0.463 e. The van der Waals surface area contributed by atoms with E-state index in [2.05, 4.69) is 177 Å². The van der Waals surface area contributed by atoms with Crippen LogP contribution in [0.2, 0.25) is 0 Å². The first-order valence-corrected chi connectivity index (χ1v) is 30.9. The lowest BCUT2D eigenvalue weighted by Crippen LogP contribution is -2.66. The summed E-state index contributed by atoms with van der Waals surface area (Å²) in [6.45, 7) is 44.0. The quantitative estimate of drug-likeness (QED) is 0.0517. The summed E-state index contributed by atoms with van der Waals surface area (Å²) in [6, 6.07) is 0. The number of hydrogen-bond donors (Lipinski definition) is 1. The van der Waals surface area contributed by atoms with E-state index in [4.69, 9.17) is 18.9 Å². The number of rotatable bonds is 21. The molecule has 0 aromatic carbocycles. The lowest BCUT2D eigenvalue weighted by molar-refractivity contribution is -0.235. The number of fused-ring (bicyclic) bond motifs is 4. The number of carbonyl (C=O) groups is 4. The molecule has 1 saturated heterocycles. The van der Waals surface area contributed by atoms with Gasteiger partial charge >= 0.3 is 23.9 Å². The Bertz CT molecular complexity index is 2000. The molecule has 11 heteroatoms. The second-order valence-corrected chi connectivity index (χ2v) is 33.3. The highest BCUT2D eigenvalue weighted by molar-refractivity contribution is 14.1. The van der Waals surface area contributed by atoms with E-state index in [-0.39, 0.29) is 61.4 Å². The van der Waals surface area contributed by atoms with Crippen molar-refractivity contribution in [3.8, 4) is 0 Å².